The molecular formula is C20H18Cl2N2O3S. The highest BCUT2D eigenvalue weighted by Gasteiger charge is 2.16. The summed E-state index contributed by atoms with van der Waals surface area (Å²) in [5, 5.41) is 3.94. The SMILES string of the molecule is Cc1oc(-c2ccc(Cl)cc2)nc1C[S@@](=O)CC(=O)NCc1ccccc1Cl. The van der Waals surface area contributed by atoms with Crippen molar-refractivity contribution in [2.24, 2.45) is 0 Å². The molecule has 28 heavy (non-hydrogen) atoms. The predicted molar refractivity (Wildman–Crippen MR) is 112 cm³/mol. The molecule has 3 aromatic rings. The summed E-state index contributed by atoms with van der Waals surface area (Å²) in [4.78, 5) is 16.5. The van der Waals surface area contributed by atoms with E-state index in [1.165, 1.54) is 0 Å². The lowest BCUT2D eigenvalue weighted by atomic mass is 10.2. The van der Waals surface area contributed by atoms with Crippen molar-refractivity contribution in [2.45, 2.75) is 19.2 Å². The van der Waals surface area contributed by atoms with Crippen LogP contribution in [0.1, 0.15) is 17.0 Å². The third-order valence-electron chi connectivity index (χ3n) is 4.01. The average Bonchev–Trinajstić information content (AvgIpc) is 3.02. The summed E-state index contributed by atoms with van der Waals surface area (Å²) in [6, 6.07) is 14.4. The average molecular weight is 437 g/mol. The molecule has 0 saturated carbocycles. The molecule has 146 valence electrons. The normalized spacial score (nSPS) is 12.0. The Kier molecular flexibility index (Phi) is 6.88. The third-order valence-corrected chi connectivity index (χ3v) is 5.81. The molecule has 8 heteroatoms. The molecule has 2 aromatic carbocycles. The maximum Gasteiger partial charge on any atom is 0.232 e. The molecular weight excluding hydrogens is 419 g/mol. The van der Waals surface area contributed by atoms with Crippen molar-refractivity contribution in [3.8, 4) is 11.5 Å². The highest BCUT2D eigenvalue weighted by molar-refractivity contribution is 7.84. The summed E-state index contributed by atoms with van der Waals surface area (Å²) in [7, 11) is -1.41. The van der Waals surface area contributed by atoms with Gasteiger partial charge in [-0.05, 0) is 42.8 Å². The lowest BCUT2D eigenvalue weighted by Crippen LogP contribution is -2.28. The number of benzene rings is 2. The van der Waals surface area contributed by atoms with E-state index in [9.17, 15) is 9.00 Å². The van der Waals surface area contributed by atoms with E-state index in [1.54, 1.807) is 37.3 Å². The zero-order valence-electron chi connectivity index (χ0n) is 15.1. The Morgan fingerprint density at radius 2 is 1.86 bits per heavy atom. The van der Waals surface area contributed by atoms with Crippen LogP contribution in [0.25, 0.3) is 11.5 Å². The zero-order valence-corrected chi connectivity index (χ0v) is 17.4. The predicted octanol–water partition coefficient (Wildman–Crippen LogP) is 4.52. The second kappa shape index (κ2) is 9.37. The first kappa shape index (κ1) is 20.6. The van der Waals surface area contributed by atoms with E-state index in [2.05, 4.69) is 10.3 Å². The Labute approximate surface area is 175 Å². The largest absolute Gasteiger partial charge is 0.441 e. The summed E-state index contributed by atoms with van der Waals surface area (Å²) in [5.74, 6) is 0.728. The van der Waals surface area contributed by atoms with E-state index < -0.39 is 10.8 Å². The van der Waals surface area contributed by atoms with Crippen LogP contribution in [0, 0.1) is 6.92 Å². The summed E-state index contributed by atoms with van der Waals surface area (Å²) in [6.07, 6.45) is 0. The fourth-order valence-electron chi connectivity index (χ4n) is 2.51. The minimum Gasteiger partial charge on any atom is -0.441 e. The molecule has 0 saturated heterocycles. The number of halogens is 2. The molecule has 1 atom stereocenters. The second-order valence-electron chi connectivity index (χ2n) is 6.13. The molecule has 0 spiro atoms. The molecule has 0 aliphatic heterocycles. The van der Waals surface area contributed by atoms with Crippen LogP contribution in [0.4, 0.5) is 0 Å². The number of nitrogens with one attached hydrogen (secondary N) is 1. The van der Waals surface area contributed by atoms with Crippen LogP contribution in [-0.2, 0) is 27.9 Å². The number of aromatic nitrogens is 1. The van der Waals surface area contributed by atoms with Gasteiger partial charge < -0.3 is 9.73 Å². The molecule has 0 unspecified atom stereocenters. The molecule has 0 aliphatic rings. The van der Waals surface area contributed by atoms with Gasteiger partial charge in [0.1, 0.15) is 11.5 Å². The van der Waals surface area contributed by atoms with Crippen molar-refractivity contribution in [1.29, 1.82) is 0 Å². The molecule has 5 nitrogen and oxygen atoms in total. The number of oxazole rings is 1. The van der Waals surface area contributed by atoms with Gasteiger partial charge in [-0.25, -0.2) is 4.98 Å². The molecule has 0 aliphatic carbocycles. The number of amides is 1. The summed E-state index contributed by atoms with van der Waals surface area (Å²) < 4.78 is 18.0. The molecule has 1 amide bonds. The number of carbonyl (C=O) groups excluding carboxylic acids is 1. The van der Waals surface area contributed by atoms with Gasteiger partial charge in [0, 0.05) is 33.0 Å². The highest BCUT2D eigenvalue weighted by atomic mass is 35.5. The smallest absolute Gasteiger partial charge is 0.232 e. The molecule has 1 heterocycles. The molecule has 0 radical (unpaired) electrons. The summed E-state index contributed by atoms with van der Waals surface area (Å²) in [5.41, 5.74) is 2.16. The number of rotatable bonds is 7. The lowest BCUT2D eigenvalue weighted by molar-refractivity contribution is -0.118. The van der Waals surface area contributed by atoms with Gasteiger partial charge in [-0.3, -0.25) is 9.00 Å². The van der Waals surface area contributed by atoms with Gasteiger partial charge in [-0.2, -0.15) is 0 Å². The topological polar surface area (TPSA) is 72.2 Å². The van der Waals surface area contributed by atoms with Crippen LogP contribution in [-0.4, -0.2) is 20.9 Å². The first-order chi connectivity index (χ1) is 13.4. The number of aryl methyl sites for hydroxylation is 1. The minimum atomic E-state index is -1.41. The minimum absolute atomic E-state index is 0.118. The van der Waals surface area contributed by atoms with Crippen LogP contribution in [0.5, 0.6) is 0 Å². The van der Waals surface area contributed by atoms with Gasteiger partial charge in [0.2, 0.25) is 11.8 Å². The van der Waals surface area contributed by atoms with E-state index in [0.29, 0.717) is 33.9 Å². The zero-order chi connectivity index (χ0) is 20.1. The van der Waals surface area contributed by atoms with Crippen LogP contribution >= 0.6 is 23.2 Å². The monoisotopic (exact) mass is 436 g/mol. The van der Waals surface area contributed by atoms with Crippen LogP contribution in [0.2, 0.25) is 10.0 Å². The Balaban J connectivity index is 1.56. The third kappa shape index (κ3) is 5.44. The van der Waals surface area contributed by atoms with Gasteiger partial charge in [-0.1, -0.05) is 41.4 Å². The number of hydrogen-bond donors (Lipinski definition) is 1. The molecule has 3 rings (SSSR count). The van der Waals surface area contributed by atoms with Gasteiger partial charge in [0.25, 0.3) is 0 Å². The number of hydrogen-bond acceptors (Lipinski definition) is 4. The van der Waals surface area contributed by atoms with E-state index in [0.717, 1.165) is 11.1 Å². The van der Waals surface area contributed by atoms with Crippen molar-refractivity contribution >= 4 is 39.9 Å². The second-order valence-corrected chi connectivity index (χ2v) is 8.43. The first-order valence-electron chi connectivity index (χ1n) is 8.49. The first-order valence-corrected chi connectivity index (χ1v) is 10.7. The fraction of sp³-hybridized carbons (Fsp3) is 0.200. The van der Waals surface area contributed by atoms with E-state index in [-0.39, 0.29) is 17.4 Å². The van der Waals surface area contributed by atoms with Crippen molar-refractivity contribution in [3.63, 3.8) is 0 Å². The fourth-order valence-corrected chi connectivity index (χ4v) is 3.91. The van der Waals surface area contributed by atoms with Crippen molar-refractivity contribution in [2.75, 3.05) is 5.75 Å². The summed E-state index contributed by atoms with van der Waals surface area (Å²) in [6.45, 7) is 2.05. The van der Waals surface area contributed by atoms with Crippen LogP contribution < -0.4 is 5.32 Å². The van der Waals surface area contributed by atoms with E-state index in [1.807, 2.05) is 18.2 Å². The Hall–Kier alpha value is -2.15. The number of nitrogens with zero attached hydrogens (tertiary/aromatic N) is 1. The van der Waals surface area contributed by atoms with Crippen LogP contribution in [0.15, 0.2) is 52.9 Å². The van der Waals surface area contributed by atoms with Gasteiger partial charge >= 0.3 is 0 Å². The quantitative estimate of drug-likeness (QED) is 0.590. The molecule has 0 fully saturated rings. The van der Waals surface area contributed by atoms with Gasteiger partial charge in [0.15, 0.2) is 0 Å². The molecule has 1 N–H and O–H groups in total. The van der Waals surface area contributed by atoms with Gasteiger partial charge in [0.05, 0.1) is 11.4 Å². The van der Waals surface area contributed by atoms with Gasteiger partial charge in [-0.15, -0.1) is 0 Å². The van der Waals surface area contributed by atoms with Crippen LogP contribution in [0.3, 0.4) is 0 Å². The van der Waals surface area contributed by atoms with Crippen molar-refractivity contribution < 1.29 is 13.4 Å². The summed E-state index contributed by atoms with van der Waals surface area (Å²) >= 11 is 12.0. The Bertz CT molecular complexity index is 1000. The van der Waals surface area contributed by atoms with E-state index in [4.69, 9.17) is 27.6 Å². The Morgan fingerprint density at radius 3 is 2.57 bits per heavy atom. The molecule has 1 aromatic heterocycles. The maximum absolute atomic E-state index is 12.4. The maximum atomic E-state index is 12.4. The molecule has 0 bridgehead atoms. The van der Waals surface area contributed by atoms with E-state index >= 15 is 0 Å². The Morgan fingerprint density at radius 1 is 1.14 bits per heavy atom. The lowest BCUT2D eigenvalue weighted by Gasteiger charge is -2.06. The van der Waals surface area contributed by atoms with Crippen molar-refractivity contribution in [3.05, 3.63) is 75.6 Å². The highest BCUT2D eigenvalue weighted by Crippen LogP contribution is 2.24. The van der Waals surface area contributed by atoms with Crippen molar-refractivity contribution in [1.82, 2.24) is 10.3 Å². The standard InChI is InChI=1S/C20H18Cl2N2O3S/c1-13-18(24-20(27-13)14-6-8-16(21)9-7-14)11-28(26)12-19(25)23-10-15-4-2-3-5-17(15)22/h2-9H,10-12H2,1H3,(H,23,25)/t28-/m1/s1. The number of carbonyl (C=O) groups is 1.